The normalized spacial score (nSPS) is 16.2. The Morgan fingerprint density at radius 1 is 1.17 bits per heavy atom. The van der Waals surface area contributed by atoms with Gasteiger partial charge in [-0.3, -0.25) is 4.98 Å². The fourth-order valence-electron chi connectivity index (χ4n) is 2.47. The lowest BCUT2D eigenvalue weighted by Crippen LogP contribution is -2.30. The summed E-state index contributed by atoms with van der Waals surface area (Å²) in [6.45, 7) is 4.28. The van der Waals surface area contributed by atoms with Crippen molar-refractivity contribution >= 4 is 32.8 Å². The first-order valence-corrected chi connectivity index (χ1v) is 7.21. The minimum Gasteiger partial charge on any atom is -0.355 e. The van der Waals surface area contributed by atoms with E-state index in [1.54, 1.807) is 0 Å². The summed E-state index contributed by atoms with van der Waals surface area (Å²) in [6, 6.07) is 4.17. The molecule has 2 heterocycles. The van der Waals surface area contributed by atoms with E-state index in [4.69, 9.17) is 4.98 Å². The first-order valence-electron chi connectivity index (χ1n) is 6.42. The van der Waals surface area contributed by atoms with Crippen LogP contribution in [0.4, 0.5) is 5.82 Å². The van der Waals surface area contributed by atoms with E-state index in [0.29, 0.717) is 0 Å². The number of piperidine rings is 1. The van der Waals surface area contributed by atoms with Crippen LogP contribution in [-0.4, -0.2) is 23.1 Å². The number of anilines is 1. The van der Waals surface area contributed by atoms with E-state index >= 15 is 0 Å². The van der Waals surface area contributed by atoms with Crippen LogP contribution in [0.1, 0.15) is 24.8 Å². The Morgan fingerprint density at radius 3 is 2.72 bits per heavy atom. The molecule has 3 rings (SSSR count). The Kier molecular flexibility index (Phi) is 3.20. The van der Waals surface area contributed by atoms with E-state index in [9.17, 15) is 0 Å². The largest absolute Gasteiger partial charge is 0.355 e. The van der Waals surface area contributed by atoms with Crippen LogP contribution in [0.2, 0.25) is 0 Å². The third-order valence-electron chi connectivity index (χ3n) is 3.41. The average Bonchev–Trinajstić information content (AvgIpc) is 2.39. The molecule has 4 heteroatoms. The Hall–Kier alpha value is -1.16. The Morgan fingerprint density at radius 2 is 1.94 bits per heavy atom. The molecular weight excluding hydrogens is 290 g/mol. The molecule has 94 valence electrons. The number of hydrogen-bond donors (Lipinski definition) is 0. The number of benzene rings is 1. The maximum atomic E-state index is 4.76. The number of nitrogens with zero attached hydrogens (tertiary/aromatic N) is 3. The van der Waals surface area contributed by atoms with Gasteiger partial charge in [0.1, 0.15) is 11.3 Å². The summed E-state index contributed by atoms with van der Waals surface area (Å²) in [6.07, 6.45) is 5.75. The SMILES string of the molecule is Cc1cc(Br)c2nc(N3CCCCC3)cnc2c1. The molecule has 0 N–H and O–H groups in total. The van der Waals surface area contributed by atoms with Crippen molar-refractivity contribution in [1.82, 2.24) is 9.97 Å². The number of rotatable bonds is 1. The molecule has 1 aliphatic heterocycles. The number of aryl methyl sites for hydroxylation is 1. The van der Waals surface area contributed by atoms with E-state index in [0.717, 1.165) is 34.4 Å². The zero-order valence-electron chi connectivity index (χ0n) is 10.5. The molecule has 1 aromatic heterocycles. The van der Waals surface area contributed by atoms with Crippen LogP contribution < -0.4 is 4.90 Å². The summed E-state index contributed by atoms with van der Waals surface area (Å²) in [5.74, 6) is 1.01. The van der Waals surface area contributed by atoms with Gasteiger partial charge in [0, 0.05) is 17.6 Å². The molecule has 0 unspecified atom stereocenters. The van der Waals surface area contributed by atoms with Crippen molar-refractivity contribution in [2.75, 3.05) is 18.0 Å². The van der Waals surface area contributed by atoms with Crippen LogP contribution in [-0.2, 0) is 0 Å². The van der Waals surface area contributed by atoms with Gasteiger partial charge in [0.15, 0.2) is 0 Å². The van der Waals surface area contributed by atoms with Crippen LogP contribution in [0.25, 0.3) is 11.0 Å². The maximum Gasteiger partial charge on any atom is 0.147 e. The molecule has 3 nitrogen and oxygen atoms in total. The topological polar surface area (TPSA) is 29.0 Å². The lowest BCUT2D eigenvalue weighted by atomic mass is 10.1. The second-order valence-corrected chi connectivity index (χ2v) is 5.74. The smallest absolute Gasteiger partial charge is 0.147 e. The Balaban J connectivity index is 2.04. The molecule has 0 aliphatic carbocycles. The number of fused-ring (bicyclic) bond motifs is 1. The highest BCUT2D eigenvalue weighted by Gasteiger charge is 2.13. The van der Waals surface area contributed by atoms with Crippen molar-refractivity contribution in [2.45, 2.75) is 26.2 Å². The van der Waals surface area contributed by atoms with Crippen molar-refractivity contribution in [3.05, 3.63) is 28.4 Å². The highest BCUT2D eigenvalue weighted by Crippen LogP contribution is 2.25. The first kappa shape index (κ1) is 11.9. The standard InChI is InChI=1S/C14H16BrN3/c1-10-7-11(15)14-12(8-10)16-9-13(17-14)18-5-3-2-4-6-18/h7-9H,2-6H2,1H3. The molecule has 0 atom stereocenters. The van der Waals surface area contributed by atoms with Gasteiger partial charge in [0.25, 0.3) is 0 Å². The third-order valence-corrected chi connectivity index (χ3v) is 4.02. The quantitative estimate of drug-likeness (QED) is 0.804. The van der Waals surface area contributed by atoms with Gasteiger partial charge < -0.3 is 4.90 Å². The van der Waals surface area contributed by atoms with Crippen molar-refractivity contribution in [3.8, 4) is 0 Å². The molecule has 0 saturated carbocycles. The molecule has 0 radical (unpaired) electrons. The minimum atomic E-state index is 0.961. The highest BCUT2D eigenvalue weighted by atomic mass is 79.9. The van der Waals surface area contributed by atoms with Crippen molar-refractivity contribution in [1.29, 1.82) is 0 Å². The third kappa shape index (κ3) is 2.21. The molecule has 18 heavy (non-hydrogen) atoms. The van der Waals surface area contributed by atoms with Gasteiger partial charge in [0.05, 0.1) is 11.7 Å². The van der Waals surface area contributed by atoms with E-state index in [1.807, 2.05) is 6.20 Å². The lowest BCUT2D eigenvalue weighted by Gasteiger charge is -2.27. The van der Waals surface area contributed by atoms with E-state index in [1.165, 1.54) is 24.8 Å². The van der Waals surface area contributed by atoms with Crippen molar-refractivity contribution in [3.63, 3.8) is 0 Å². The summed E-state index contributed by atoms with van der Waals surface area (Å²) < 4.78 is 1.03. The molecule has 1 aromatic carbocycles. The van der Waals surface area contributed by atoms with E-state index in [2.05, 4.69) is 44.9 Å². The molecule has 1 fully saturated rings. The predicted octanol–water partition coefficient (Wildman–Crippen LogP) is 3.69. The van der Waals surface area contributed by atoms with Crippen LogP contribution in [0, 0.1) is 6.92 Å². The summed E-state index contributed by atoms with van der Waals surface area (Å²) in [5, 5.41) is 0. The maximum absolute atomic E-state index is 4.76. The van der Waals surface area contributed by atoms with Crippen LogP contribution in [0.15, 0.2) is 22.8 Å². The van der Waals surface area contributed by atoms with Crippen molar-refractivity contribution < 1.29 is 0 Å². The first-order chi connectivity index (χ1) is 8.74. The monoisotopic (exact) mass is 305 g/mol. The summed E-state index contributed by atoms with van der Waals surface area (Å²) in [4.78, 5) is 11.6. The Bertz CT molecular complexity index is 577. The molecule has 0 amide bonds. The zero-order valence-corrected chi connectivity index (χ0v) is 12.1. The molecule has 0 bridgehead atoms. The van der Waals surface area contributed by atoms with Gasteiger partial charge in [-0.1, -0.05) is 0 Å². The van der Waals surface area contributed by atoms with Gasteiger partial charge >= 0.3 is 0 Å². The van der Waals surface area contributed by atoms with Crippen molar-refractivity contribution in [2.24, 2.45) is 0 Å². The van der Waals surface area contributed by atoms with Gasteiger partial charge in [-0.2, -0.15) is 0 Å². The summed E-state index contributed by atoms with van der Waals surface area (Å²) in [7, 11) is 0. The van der Waals surface area contributed by atoms with Crippen LogP contribution >= 0.6 is 15.9 Å². The lowest BCUT2D eigenvalue weighted by molar-refractivity contribution is 0.573. The summed E-state index contributed by atoms with van der Waals surface area (Å²) in [5.41, 5.74) is 3.13. The molecule has 0 spiro atoms. The number of aromatic nitrogens is 2. The number of hydrogen-bond acceptors (Lipinski definition) is 3. The Labute approximate surface area is 115 Å². The predicted molar refractivity (Wildman–Crippen MR) is 78.0 cm³/mol. The van der Waals surface area contributed by atoms with E-state index < -0.39 is 0 Å². The summed E-state index contributed by atoms with van der Waals surface area (Å²) >= 11 is 3.58. The average molecular weight is 306 g/mol. The van der Waals surface area contributed by atoms with E-state index in [-0.39, 0.29) is 0 Å². The minimum absolute atomic E-state index is 0.961. The second kappa shape index (κ2) is 4.84. The van der Waals surface area contributed by atoms with Crippen LogP contribution in [0.3, 0.4) is 0 Å². The van der Waals surface area contributed by atoms with Crippen LogP contribution in [0.5, 0.6) is 0 Å². The molecule has 2 aromatic rings. The molecular formula is C14H16BrN3. The van der Waals surface area contributed by atoms with Gasteiger partial charge in [-0.25, -0.2) is 4.98 Å². The van der Waals surface area contributed by atoms with Gasteiger partial charge in [-0.05, 0) is 59.8 Å². The molecule has 1 saturated heterocycles. The highest BCUT2D eigenvalue weighted by molar-refractivity contribution is 9.10. The van der Waals surface area contributed by atoms with Gasteiger partial charge in [0.2, 0.25) is 0 Å². The number of halogens is 1. The fourth-order valence-corrected chi connectivity index (χ4v) is 3.12. The van der Waals surface area contributed by atoms with Gasteiger partial charge in [-0.15, -0.1) is 0 Å². The fraction of sp³-hybridized carbons (Fsp3) is 0.429. The second-order valence-electron chi connectivity index (χ2n) is 4.89. The zero-order chi connectivity index (χ0) is 12.5. The molecule has 1 aliphatic rings.